The van der Waals surface area contributed by atoms with Crippen molar-refractivity contribution >= 4 is 33.2 Å². The van der Waals surface area contributed by atoms with Gasteiger partial charge in [0.25, 0.3) is 5.91 Å². The zero-order valence-corrected chi connectivity index (χ0v) is 13.5. The molecule has 2 heterocycles. The van der Waals surface area contributed by atoms with Gasteiger partial charge >= 0.3 is 0 Å². The van der Waals surface area contributed by atoms with Crippen LogP contribution in [0.5, 0.6) is 0 Å². The van der Waals surface area contributed by atoms with E-state index in [9.17, 15) is 4.79 Å². The van der Waals surface area contributed by atoms with Crippen LogP contribution in [-0.2, 0) is 0 Å². The van der Waals surface area contributed by atoms with Crippen molar-refractivity contribution in [3.63, 3.8) is 0 Å². The van der Waals surface area contributed by atoms with Crippen LogP contribution in [0.2, 0.25) is 0 Å². The molecule has 3 N–H and O–H groups in total. The van der Waals surface area contributed by atoms with Crippen molar-refractivity contribution in [2.24, 2.45) is 5.73 Å². The first-order valence-corrected chi connectivity index (χ1v) is 7.63. The van der Waals surface area contributed by atoms with E-state index in [1.165, 1.54) is 0 Å². The van der Waals surface area contributed by atoms with Crippen molar-refractivity contribution in [3.05, 3.63) is 64.5 Å². The number of imidazole rings is 1. The van der Waals surface area contributed by atoms with Gasteiger partial charge in [0.1, 0.15) is 0 Å². The predicted molar refractivity (Wildman–Crippen MR) is 89.9 cm³/mol. The molecule has 6 heteroatoms. The molecule has 3 aromatic rings. The van der Waals surface area contributed by atoms with Crippen molar-refractivity contribution < 1.29 is 4.79 Å². The Hall–Kier alpha value is -2.18. The number of nitrogens with two attached hydrogens (primary N) is 1. The number of anilines is 1. The number of amides is 1. The van der Waals surface area contributed by atoms with Gasteiger partial charge in [0.05, 0.1) is 10.0 Å². The van der Waals surface area contributed by atoms with Gasteiger partial charge in [-0.15, -0.1) is 0 Å². The molecule has 0 aliphatic rings. The molecular formula is C16H15BrN4O. The first kappa shape index (κ1) is 14.7. The topological polar surface area (TPSA) is 72.4 Å². The minimum atomic E-state index is -0.176. The molecule has 0 bridgehead atoms. The Balaban J connectivity index is 1.83. The fourth-order valence-electron chi connectivity index (χ4n) is 2.19. The molecule has 0 unspecified atom stereocenters. The highest BCUT2D eigenvalue weighted by atomic mass is 79.9. The van der Waals surface area contributed by atoms with Gasteiger partial charge in [0.15, 0.2) is 5.65 Å². The molecule has 0 saturated carbocycles. The molecule has 0 radical (unpaired) electrons. The first-order chi connectivity index (χ1) is 10.5. The van der Waals surface area contributed by atoms with E-state index in [1.54, 1.807) is 29.1 Å². The highest BCUT2D eigenvalue weighted by Gasteiger charge is 2.10. The van der Waals surface area contributed by atoms with Crippen LogP contribution in [0, 0.1) is 0 Å². The summed E-state index contributed by atoms with van der Waals surface area (Å²) in [6.07, 6.45) is 5.24. The summed E-state index contributed by atoms with van der Waals surface area (Å²) >= 11 is 3.43. The number of pyridine rings is 1. The van der Waals surface area contributed by atoms with E-state index >= 15 is 0 Å². The molecular weight excluding hydrogens is 344 g/mol. The zero-order chi connectivity index (χ0) is 15.7. The molecule has 1 amide bonds. The fourth-order valence-corrected chi connectivity index (χ4v) is 2.74. The van der Waals surface area contributed by atoms with E-state index < -0.39 is 0 Å². The van der Waals surface area contributed by atoms with Gasteiger partial charge in [-0.2, -0.15) is 0 Å². The number of nitrogens with zero attached hydrogens (tertiary/aromatic N) is 2. The van der Waals surface area contributed by atoms with Gasteiger partial charge < -0.3 is 15.5 Å². The van der Waals surface area contributed by atoms with Crippen LogP contribution in [0.25, 0.3) is 5.65 Å². The van der Waals surface area contributed by atoms with Crippen LogP contribution >= 0.6 is 15.9 Å². The Kier molecular flexibility index (Phi) is 3.96. The summed E-state index contributed by atoms with van der Waals surface area (Å²) in [5.74, 6) is -0.176. The highest BCUT2D eigenvalue weighted by molar-refractivity contribution is 9.10. The van der Waals surface area contributed by atoms with Crippen LogP contribution < -0.4 is 11.1 Å². The summed E-state index contributed by atoms with van der Waals surface area (Å²) in [6.45, 7) is 1.92. The van der Waals surface area contributed by atoms with Crippen LogP contribution in [0.1, 0.15) is 28.9 Å². The first-order valence-electron chi connectivity index (χ1n) is 6.84. The second kappa shape index (κ2) is 5.90. The maximum atomic E-state index is 12.4. The molecule has 5 nitrogen and oxygen atoms in total. The van der Waals surface area contributed by atoms with Crippen LogP contribution in [0.4, 0.5) is 5.69 Å². The lowest BCUT2D eigenvalue weighted by Gasteiger charge is -2.09. The van der Waals surface area contributed by atoms with Gasteiger partial charge in [-0.25, -0.2) is 4.98 Å². The Labute approximate surface area is 136 Å². The molecule has 0 spiro atoms. The number of rotatable bonds is 3. The highest BCUT2D eigenvalue weighted by Crippen LogP contribution is 2.20. The Morgan fingerprint density at radius 1 is 1.36 bits per heavy atom. The normalized spacial score (nSPS) is 12.3. The Bertz CT molecular complexity index is 824. The van der Waals surface area contributed by atoms with Gasteiger partial charge in [0.2, 0.25) is 0 Å². The van der Waals surface area contributed by atoms with Gasteiger partial charge in [-0.05, 0) is 46.6 Å². The molecule has 0 saturated heterocycles. The largest absolute Gasteiger partial charge is 0.324 e. The van der Waals surface area contributed by atoms with E-state index in [1.807, 2.05) is 31.2 Å². The lowest BCUT2D eigenvalue weighted by Crippen LogP contribution is -2.13. The minimum Gasteiger partial charge on any atom is -0.324 e. The minimum absolute atomic E-state index is 0.0237. The number of fused-ring (bicyclic) bond motifs is 1. The maximum Gasteiger partial charge on any atom is 0.257 e. The van der Waals surface area contributed by atoms with Crippen molar-refractivity contribution in [1.82, 2.24) is 9.38 Å². The summed E-state index contributed by atoms with van der Waals surface area (Å²) in [5, 5.41) is 2.87. The van der Waals surface area contributed by atoms with Gasteiger partial charge in [-0.3, -0.25) is 4.79 Å². The van der Waals surface area contributed by atoms with Crippen LogP contribution in [0.15, 0.2) is 53.4 Å². The number of carbonyl (C=O) groups excluding carboxylic acids is 1. The molecule has 112 valence electrons. The van der Waals surface area contributed by atoms with Crippen molar-refractivity contribution in [2.45, 2.75) is 13.0 Å². The van der Waals surface area contributed by atoms with Crippen LogP contribution in [-0.4, -0.2) is 15.3 Å². The average molecular weight is 359 g/mol. The zero-order valence-electron chi connectivity index (χ0n) is 12.0. The summed E-state index contributed by atoms with van der Waals surface area (Å²) in [7, 11) is 0. The van der Waals surface area contributed by atoms with Crippen LogP contribution in [0.3, 0.4) is 0 Å². The Morgan fingerprint density at radius 2 is 2.09 bits per heavy atom. The summed E-state index contributed by atoms with van der Waals surface area (Å²) < 4.78 is 2.58. The van der Waals surface area contributed by atoms with E-state index in [-0.39, 0.29) is 11.9 Å². The molecule has 0 aliphatic heterocycles. The van der Waals surface area contributed by atoms with E-state index in [0.29, 0.717) is 5.56 Å². The van der Waals surface area contributed by atoms with Crippen molar-refractivity contribution in [2.75, 3.05) is 5.32 Å². The number of nitrogens with one attached hydrogen (secondary N) is 1. The molecule has 1 aromatic carbocycles. The Morgan fingerprint density at radius 3 is 2.77 bits per heavy atom. The second-order valence-electron chi connectivity index (χ2n) is 5.10. The van der Waals surface area contributed by atoms with E-state index in [4.69, 9.17) is 5.73 Å². The SMILES string of the molecule is C[C@@H](N)c1ccc(NC(=O)c2cc(Br)c3nccn3c2)cc1. The quantitative estimate of drug-likeness (QED) is 0.753. The standard InChI is InChI=1S/C16H15BrN4O/c1-10(18)11-2-4-13(5-3-11)20-16(22)12-8-14(17)15-19-6-7-21(15)9-12/h2-10H,18H2,1H3,(H,20,22)/t10-/m1/s1. The maximum absolute atomic E-state index is 12.4. The lowest BCUT2D eigenvalue weighted by atomic mass is 10.1. The van der Waals surface area contributed by atoms with Gasteiger partial charge in [0, 0.05) is 30.3 Å². The summed E-state index contributed by atoms with van der Waals surface area (Å²) in [4.78, 5) is 16.6. The fraction of sp³-hybridized carbons (Fsp3) is 0.125. The summed E-state index contributed by atoms with van der Waals surface area (Å²) in [5.41, 5.74) is 8.90. The number of hydrogen-bond donors (Lipinski definition) is 2. The molecule has 0 fully saturated rings. The smallest absolute Gasteiger partial charge is 0.257 e. The predicted octanol–water partition coefficient (Wildman–Crippen LogP) is 3.37. The summed E-state index contributed by atoms with van der Waals surface area (Å²) in [6, 6.07) is 9.26. The molecule has 22 heavy (non-hydrogen) atoms. The van der Waals surface area contributed by atoms with E-state index in [2.05, 4.69) is 26.2 Å². The van der Waals surface area contributed by atoms with Crippen molar-refractivity contribution in [1.29, 1.82) is 0 Å². The number of carbonyl (C=O) groups is 1. The van der Waals surface area contributed by atoms with Gasteiger partial charge in [-0.1, -0.05) is 12.1 Å². The average Bonchev–Trinajstić information content (AvgIpc) is 2.96. The third kappa shape index (κ3) is 2.88. The number of aromatic nitrogens is 2. The third-order valence-electron chi connectivity index (χ3n) is 3.40. The number of benzene rings is 1. The van der Waals surface area contributed by atoms with E-state index in [0.717, 1.165) is 21.4 Å². The van der Waals surface area contributed by atoms with Crippen molar-refractivity contribution in [3.8, 4) is 0 Å². The monoisotopic (exact) mass is 358 g/mol. The number of halogens is 1. The molecule has 1 atom stereocenters. The second-order valence-corrected chi connectivity index (χ2v) is 5.95. The molecule has 2 aromatic heterocycles. The number of hydrogen-bond acceptors (Lipinski definition) is 3. The lowest BCUT2D eigenvalue weighted by molar-refractivity contribution is 0.102. The molecule has 3 rings (SSSR count). The molecule has 0 aliphatic carbocycles. The third-order valence-corrected chi connectivity index (χ3v) is 3.98.